The summed E-state index contributed by atoms with van der Waals surface area (Å²) in [5, 5.41) is 18.6. The van der Waals surface area contributed by atoms with Crippen LogP contribution in [0.5, 0.6) is 11.5 Å². The number of rotatable bonds is 4. The third-order valence-corrected chi connectivity index (χ3v) is 2.39. The van der Waals surface area contributed by atoms with E-state index in [-0.39, 0.29) is 0 Å². The summed E-state index contributed by atoms with van der Waals surface area (Å²) in [5.74, 6) is 0.434. The zero-order chi connectivity index (χ0) is 12.1. The van der Waals surface area contributed by atoms with Gasteiger partial charge in [-0.15, -0.1) is 0 Å². The summed E-state index contributed by atoms with van der Waals surface area (Å²) >= 11 is 0. The van der Waals surface area contributed by atoms with Gasteiger partial charge < -0.3 is 14.6 Å². The molecule has 0 saturated heterocycles. The van der Waals surface area contributed by atoms with E-state index in [1.807, 2.05) is 0 Å². The highest BCUT2D eigenvalue weighted by Gasteiger charge is 2.22. The predicted molar refractivity (Wildman–Crippen MR) is 59.6 cm³/mol. The topological polar surface area (TPSA) is 62.5 Å². The summed E-state index contributed by atoms with van der Waals surface area (Å²) in [4.78, 5) is 0. The fourth-order valence-electron chi connectivity index (χ4n) is 1.59. The van der Waals surface area contributed by atoms with Crippen LogP contribution in [0, 0.1) is 11.3 Å². The first kappa shape index (κ1) is 12.3. The maximum atomic E-state index is 9.53. The van der Waals surface area contributed by atoms with Gasteiger partial charge in [-0.2, -0.15) is 5.26 Å². The zero-order valence-electron chi connectivity index (χ0n) is 9.60. The molecule has 0 bridgehead atoms. The van der Waals surface area contributed by atoms with Gasteiger partial charge in [0.2, 0.25) is 0 Å². The number of hydrogen-bond donors (Lipinski definition) is 1. The quantitative estimate of drug-likeness (QED) is 0.840. The fraction of sp³-hybridized carbons (Fsp3) is 0.417. The standard InChI is InChI=1S/C12H15NO3/c1-8(14)10(7-13)9-5-4-6-11(15-2)12(9)16-3/h4-6,8,10,14H,1-3H3. The molecule has 1 N–H and O–H groups in total. The Morgan fingerprint density at radius 3 is 2.44 bits per heavy atom. The monoisotopic (exact) mass is 221 g/mol. The number of nitriles is 1. The van der Waals surface area contributed by atoms with Crippen LogP contribution in [0.4, 0.5) is 0 Å². The summed E-state index contributed by atoms with van der Waals surface area (Å²) in [6.07, 6.45) is -0.758. The van der Waals surface area contributed by atoms with Crippen molar-refractivity contribution < 1.29 is 14.6 Å². The summed E-state index contributed by atoms with van der Waals surface area (Å²) in [6, 6.07) is 7.33. The molecule has 0 aliphatic carbocycles. The molecule has 0 saturated carbocycles. The van der Waals surface area contributed by atoms with Crippen molar-refractivity contribution in [2.45, 2.75) is 18.9 Å². The largest absolute Gasteiger partial charge is 0.493 e. The molecule has 0 heterocycles. The smallest absolute Gasteiger partial charge is 0.165 e. The van der Waals surface area contributed by atoms with Gasteiger partial charge in [-0.05, 0) is 13.0 Å². The Hall–Kier alpha value is -1.73. The highest BCUT2D eigenvalue weighted by molar-refractivity contribution is 5.50. The third kappa shape index (κ3) is 2.26. The highest BCUT2D eigenvalue weighted by Crippen LogP contribution is 2.36. The fourth-order valence-corrected chi connectivity index (χ4v) is 1.59. The van der Waals surface area contributed by atoms with Crippen LogP contribution < -0.4 is 9.47 Å². The van der Waals surface area contributed by atoms with Crippen molar-refractivity contribution in [3.05, 3.63) is 23.8 Å². The van der Waals surface area contributed by atoms with Crippen LogP contribution in [-0.2, 0) is 0 Å². The Morgan fingerprint density at radius 2 is 2.00 bits per heavy atom. The average Bonchev–Trinajstić information content (AvgIpc) is 2.29. The molecule has 1 aromatic rings. The van der Waals surface area contributed by atoms with Gasteiger partial charge in [0.25, 0.3) is 0 Å². The van der Waals surface area contributed by atoms with Crippen LogP contribution in [0.1, 0.15) is 18.4 Å². The first-order valence-corrected chi connectivity index (χ1v) is 4.94. The van der Waals surface area contributed by atoms with E-state index in [4.69, 9.17) is 14.7 Å². The molecule has 86 valence electrons. The molecule has 4 nitrogen and oxygen atoms in total. The lowest BCUT2D eigenvalue weighted by atomic mass is 9.94. The lowest BCUT2D eigenvalue weighted by Gasteiger charge is -2.17. The Labute approximate surface area is 95.0 Å². The van der Waals surface area contributed by atoms with Gasteiger partial charge in [-0.1, -0.05) is 12.1 Å². The molecule has 0 radical (unpaired) electrons. The van der Waals surface area contributed by atoms with Gasteiger partial charge in [0.15, 0.2) is 11.5 Å². The van der Waals surface area contributed by atoms with Gasteiger partial charge in [0.1, 0.15) is 5.92 Å². The summed E-state index contributed by atoms with van der Waals surface area (Å²) < 4.78 is 10.3. The van der Waals surface area contributed by atoms with E-state index in [0.29, 0.717) is 17.1 Å². The summed E-state index contributed by atoms with van der Waals surface area (Å²) in [5.41, 5.74) is 0.638. The molecule has 4 heteroatoms. The van der Waals surface area contributed by atoms with Crippen LogP contribution in [0.25, 0.3) is 0 Å². The van der Waals surface area contributed by atoms with Crippen LogP contribution >= 0.6 is 0 Å². The molecule has 1 rings (SSSR count). The minimum absolute atomic E-state index is 0.498. The molecular weight excluding hydrogens is 206 g/mol. The van der Waals surface area contributed by atoms with Crippen molar-refractivity contribution in [2.75, 3.05) is 14.2 Å². The molecule has 0 fully saturated rings. The molecule has 0 amide bonds. The minimum atomic E-state index is -0.758. The van der Waals surface area contributed by atoms with Crippen LogP contribution in [0.2, 0.25) is 0 Å². The van der Waals surface area contributed by atoms with Gasteiger partial charge in [-0.3, -0.25) is 0 Å². The molecule has 0 spiro atoms. The zero-order valence-corrected chi connectivity index (χ0v) is 9.60. The normalized spacial score (nSPS) is 13.7. The summed E-state index contributed by atoms with van der Waals surface area (Å²) in [6.45, 7) is 1.58. The van der Waals surface area contributed by atoms with Gasteiger partial charge in [-0.25, -0.2) is 0 Å². The lowest BCUT2D eigenvalue weighted by molar-refractivity contribution is 0.179. The molecule has 2 unspecified atom stereocenters. The van der Waals surface area contributed by atoms with Crippen molar-refractivity contribution in [3.8, 4) is 17.6 Å². The first-order valence-electron chi connectivity index (χ1n) is 4.94. The van der Waals surface area contributed by atoms with Crippen LogP contribution in [0.15, 0.2) is 18.2 Å². The first-order chi connectivity index (χ1) is 7.65. The molecule has 16 heavy (non-hydrogen) atoms. The van der Waals surface area contributed by atoms with Gasteiger partial charge >= 0.3 is 0 Å². The number of benzene rings is 1. The molecule has 0 aromatic heterocycles. The van der Waals surface area contributed by atoms with Gasteiger partial charge in [0.05, 0.1) is 26.4 Å². The Kier molecular flexibility index (Phi) is 4.15. The number of aliphatic hydroxyl groups is 1. The maximum absolute atomic E-state index is 9.53. The Bertz CT molecular complexity index is 396. The second-order valence-corrected chi connectivity index (χ2v) is 3.43. The number of ether oxygens (including phenoxy) is 2. The van der Waals surface area contributed by atoms with Crippen molar-refractivity contribution >= 4 is 0 Å². The summed E-state index contributed by atoms with van der Waals surface area (Å²) in [7, 11) is 3.04. The molecule has 0 aliphatic rings. The van der Waals surface area contributed by atoms with E-state index in [1.165, 1.54) is 14.2 Å². The third-order valence-electron chi connectivity index (χ3n) is 2.39. The van der Waals surface area contributed by atoms with Crippen LogP contribution in [0.3, 0.4) is 0 Å². The predicted octanol–water partition coefficient (Wildman–Crippen LogP) is 1.69. The van der Waals surface area contributed by atoms with E-state index in [9.17, 15) is 5.11 Å². The Morgan fingerprint density at radius 1 is 1.31 bits per heavy atom. The second kappa shape index (κ2) is 5.38. The van der Waals surface area contributed by atoms with E-state index in [1.54, 1.807) is 25.1 Å². The second-order valence-electron chi connectivity index (χ2n) is 3.43. The number of para-hydroxylation sites is 1. The lowest BCUT2D eigenvalue weighted by Crippen LogP contribution is -2.14. The van der Waals surface area contributed by atoms with Crippen molar-refractivity contribution in [1.82, 2.24) is 0 Å². The van der Waals surface area contributed by atoms with Crippen molar-refractivity contribution in [2.24, 2.45) is 0 Å². The van der Waals surface area contributed by atoms with E-state index in [0.717, 1.165) is 0 Å². The van der Waals surface area contributed by atoms with Crippen LogP contribution in [-0.4, -0.2) is 25.4 Å². The van der Waals surface area contributed by atoms with Crippen molar-refractivity contribution in [1.29, 1.82) is 5.26 Å². The number of methoxy groups -OCH3 is 2. The molecule has 0 aliphatic heterocycles. The van der Waals surface area contributed by atoms with Crippen molar-refractivity contribution in [3.63, 3.8) is 0 Å². The van der Waals surface area contributed by atoms with E-state index in [2.05, 4.69) is 6.07 Å². The Balaban J connectivity index is 3.27. The minimum Gasteiger partial charge on any atom is -0.493 e. The average molecular weight is 221 g/mol. The van der Waals surface area contributed by atoms with E-state index < -0.39 is 12.0 Å². The molecule has 1 aromatic carbocycles. The number of aliphatic hydroxyl groups excluding tert-OH is 1. The highest BCUT2D eigenvalue weighted by atomic mass is 16.5. The number of nitrogens with zero attached hydrogens (tertiary/aromatic N) is 1. The van der Waals surface area contributed by atoms with E-state index >= 15 is 0 Å². The number of hydrogen-bond acceptors (Lipinski definition) is 4. The maximum Gasteiger partial charge on any atom is 0.165 e. The molecular formula is C12H15NO3. The van der Waals surface area contributed by atoms with Gasteiger partial charge in [0, 0.05) is 5.56 Å². The SMILES string of the molecule is COc1cccc(C(C#N)C(C)O)c1OC. The molecule has 2 atom stereocenters.